The molecule has 1 aliphatic rings. The van der Waals surface area contributed by atoms with Crippen molar-refractivity contribution < 1.29 is 4.79 Å². The Bertz CT molecular complexity index is 949. The zero-order valence-electron chi connectivity index (χ0n) is 16.9. The Kier molecular flexibility index (Phi) is 7.78. The normalized spacial score (nSPS) is 17.1. The first-order valence-corrected chi connectivity index (χ1v) is 10.1. The van der Waals surface area contributed by atoms with Gasteiger partial charge in [0.1, 0.15) is 0 Å². The molecule has 4 rings (SSSR count). The van der Waals surface area contributed by atoms with Gasteiger partial charge in [0.05, 0.1) is 0 Å². The molecule has 3 heteroatoms. The number of carbonyl (C=O) groups excluding carboxylic acids is 1. The monoisotopic (exact) mass is 415 g/mol. The molecule has 0 N–H and O–H groups in total. The maximum absolute atomic E-state index is 13.2. The Labute approximate surface area is 185 Å². The van der Waals surface area contributed by atoms with Crippen LogP contribution in [0.1, 0.15) is 16.7 Å². The van der Waals surface area contributed by atoms with E-state index in [1.807, 2.05) is 78.9 Å². The molecule has 1 aliphatic heterocycles. The number of benzene rings is 3. The van der Waals surface area contributed by atoms with Gasteiger partial charge in [0.15, 0.2) is 5.78 Å². The number of likely N-dealkylation sites (tertiary alicyclic amines) is 1. The minimum absolute atomic E-state index is 0. The van der Waals surface area contributed by atoms with Gasteiger partial charge in [-0.15, -0.1) is 12.4 Å². The van der Waals surface area contributed by atoms with Crippen molar-refractivity contribution in [1.29, 1.82) is 0 Å². The minimum atomic E-state index is 0. The van der Waals surface area contributed by atoms with E-state index in [0.717, 1.165) is 35.2 Å². The Balaban J connectivity index is 0.00000256. The van der Waals surface area contributed by atoms with Crippen molar-refractivity contribution in [3.05, 3.63) is 119 Å². The maximum Gasteiger partial charge on any atom is 0.187 e. The lowest BCUT2D eigenvalue weighted by atomic mass is 9.94. The summed E-state index contributed by atoms with van der Waals surface area (Å²) in [6, 6.07) is 30.7. The standard InChI is InChI=1S/C27H25NO.ClH/c29-27-25(18-23-12-6-2-7-13-23)20-28(17-16-22-10-4-1-5-11-22)21-26(27)19-24-14-8-3-9-15-24;/h1-15,18-19H,16-17,20-21H2;1H. The molecule has 0 unspecified atom stereocenters. The highest BCUT2D eigenvalue weighted by atomic mass is 35.5. The van der Waals surface area contributed by atoms with E-state index < -0.39 is 0 Å². The van der Waals surface area contributed by atoms with E-state index in [2.05, 4.69) is 29.2 Å². The molecule has 0 saturated carbocycles. The molecule has 0 radical (unpaired) electrons. The molecule has 1 heterocycles. The van der Waals surface area contributed by atoms with Crippen LogP contribution in [0.2, 0.25) is 0 Å². The van der Waals surface area contributed by atoms with Crippen molar-refractivity contribution in [2.24, 2.45) is 0 Å². The second kappa shape index (κ2) is 10.7. The first kappa shape index (κ1) is 21.8. The number of ketones is 1. The summed E-state index contributed by atoms with van der Waals surface area (Å²) in [6.45, 7) is 2.30. The third kappa shape index (κ3) is 5.79. The lowest BCUT2D eigenvalue weighted by molar-refractivity contribution is -0.113. The van der Waals surface area contributed by atoms with Crippen LogP contribution in [0, 0.1) is 0 Å². The van der Waals surface area contributed by atoms with Crippen LogP contribution in [0.5, 0.6) is 0 Å². The van der Waals surface area contributed by atoms with E-state index in [1.165, 1.54) is 5.56 Å². The molecule has 0 spiro atoms. The number of nitrogens with zero attached hydrogens (tertiary/aromatic N) is 1. The van der Waals surface area contributed by atoms with Crippen molar-refractivity contribution in [1.82, 2.24) is 4.90 Å². The predicted molar refractivity (Wildman–Crippen MR) is 128 cm³/mol. The lowest BCUT2D eigenvalue weighted by Gasteiger charge is -2.30. The molecule has 152 valence electrons. The van der Waals surface area contributed by atoms with Crippen LogP contribution in [0.4, 0.5) is 0 Å². The van der Waals surface area contributed by atoms with Gasteiger partial charge in [0.2, 0.25) is 0 Å². The number of carbonyl (C=O) groups is 1. The van der Waals surface area contributed by atoms with Crippen molar-refractivity contribution >= 4 is 30.3 Å². The van der Waals surface area contributed by atoms with Crippen molar-refractivity contribution in [3.8, 4) is 0 Å². The fraction of sp³-hybridized carbons (Fsp3) is 0.148. The van der Waals surface area contributed by atoms with Gasteiger partial charge in [-0.3, -0.25) is 9.69 Å². The van der Waals surface area contributed by atoms with E-state index in [4.69, 9.17) is 0 Å². The first-order valence-electron chi connectivity index (χ1n) is 10.1. The van der Waals surface area contributed by atoms with E-state index in [9.17, 15) is 4.79 Å². The lowest BCUT2D eigenvalue weighted by Crippen LogP contribution is -2.38. The second-order valence-electron chi connectivity index (χ2n) is 7.44. The molecule has 0 bridgehead atoms. The van der Waals surface area contributed by atoms with Gasteiger partial charge in [-0.1, -0.05) is 91.0 Å². The maximum atomic E-state index is 13.2. The molecule has 30 heavy (non-hydrogen) atoms. The van der Waals surface area contributed by atoms with Crippen LogP contribution in [-0.2, 0) is 11.2 Å². The van der Waals surface area contributed by atoms with Crippen LogP contribution in [-0.4, -0.2) is 30.3 Å². The number of hydrogen-bond donors (Lipinski definition) is 0. The van der Waals surface area contributed by atoms with Crippen LogP contribution < -0.4 is 0 Å². The molecular formula is C27H26ClNO. The van der Waals surface area contributed by atoms with Gasteiger partial charge < -0.3 is 0 Å². The summed E-state index contributed by atoms with van der Waals surface area (Å²) in [7, 11) is 0. The van der Waals surface area contributed by atoms with Gasteiger partial charge in [-0.2, -0.15) is 0 Å². The molecule has 0 amide bonds. The average Bonchev–Trinajstić information content (AvgIpc) is 2.77. The van der Waals surface area contributed by atoms with Crippen molar-refractivity contribution in [3.63, 3.8) is 0 Å². The number of halogens is 1. The third-order valence-electron chi connectivity index (χ3n) is 5.21. The molecule has 1 saturated heterocycles. The quantitative estimate of drug-likeness (QED) is 0.498. The van der Waals surface area contributed by atoms with Crippen LogP contribution >= 0.6 is 12.4 Å². The second-order valence-corrected chi connectivity index (χ2v) is 7.44. The summed E-state index contributed by atoms with van der Waals surface area (Å²) in [5.41, 5.74) is 5.18. The SMILES string of the molecule is Cl.O=C1C(=Cc2ccccc2)CN(CCc2ccccc2)CC1=Cc1ccccc1. The number of rotatable bonds is 5. The molecule has 0 aromatic heterocycles. The Morgan fingerprint density at radius 3 is 1.57 bits per heavy atom. The fourth-order valence-corrected chi connectivity index (χ4v) is 3.70. The topological polar surface area (TPSA) is 20.3 Å². The number of hydrogen-bond acceptors (Lipinski definition) is 2. The highest BCUT2D eigenvalue weighted by Crippen LogP contribution is 2.22. The van der Waals surface area contributed by atoms with Gasteiger partial charge in [0.25, 0.3) is 0 Å². The summed E-state index contributed by atoms with van der Waals surface area (Å²) in [4.78, 5) is 15.6. The van der Waals surface area contributed by atoms with Gasteiger partial charge >= 0.3 is 0 Å². The van der Waals surface area contributed by atoms with E-state index in [1.54, 1.807) is 0 Å². The summed E-state index contributed by atoms with van der Waals surface area (Å²) >= 11 is 0. The zero-order valence-corrected chi connectivity index (χ0v) is 17.7. The molecule has 3 aromatic rings. The molecule has 0 atom stereocenters. The molecule has 3 aromatic carbocycles. The van der Waals surface area contributed by atoms with Crippen LogP contribution in [0.3, 0.4) is 0 Å². The Morgan fingerprint density at radius 2 is 1.10 bits per heavy atom. The van der Waals surface area contributed by atoms with E-state index in [-0.39, 0.29) is 18.2 Å². The van der Waals surface area contributed by atoms with Crippen LogP contribution in [0.25, 0.3) is 12.2 Å². The highest BCUT2D eigenvalue weighted by Gasteiger charge is 2.25. The molecule has 1 fully saturated rings. The van der Waals surface area contributed by atoms with Crippen LogP contribution in [0.15, 0.2) is 102 Å². The van der Waals surface area contributed by atoms with Gasteiger partial charge in [-0.25, -0.2) is 0 Å². The Hall–Kier alpha value is -2.94. The molecular weight excluding hydrogens is 390 g/mol. The summed E-state index contributed by atoms with van der Waals surface area (Å²) in [5, 5.41) is 0. The van der Waals surface area contributed by atoms with Crippen molar-refractivity contribution in [2.45, 2.75) is 6.42 Å². The minimum Gasteiger partial charge on any atom is -0.294 e. The fourth-order valence-electron chi connectivity index (χ4n) is 3.70. The largest absolute Gasteiger partial charge is 0.294 e. The summed E-state index contributed by atoms with van der Waals surface area (Å²) in [5.74, 6) is 0.161. The Morgan fingerprint density at radius 1 is 0.667 bits per heavy atom. The van der Waals surface area contributed by atoms with Gasteiger partial charge in [0, 0.05) is 30.8 Å². The third-order valence-corrected chi connectivity index (χ3v) is 5.21. The van der Waals surface area contributed by atoms with Gasteiger partial charge in [-0.05, 0) is 35.3 Å². The predicted octanol–water partition coefficient (Wildman–Crippen LogP) is 5.70. The smallest absolute Gasteiger partial charge is 0.187 e. The summed E-state index contributed by atoms with van der Waals surface area (Å²) < 4.78 is 0. The molecule has 0 aliphatic carbocycles. The number of piperidine rings is 1. The average molecular weight is 416 g/mol. The highest BCUT2D eigenvalue weighted by molar-refractivity contribution is 6.14. The van der Waals surface area contributed by atoms with Crippen molar-refractivity contribution in [2.75, 3.05) is 19.6 Å². The summed E-state index contributed by atoms with van der Waals surface area (Å²) in [6.07, 6.45) is 5.05. The first-order chi connectivity index (χ1) is 14.3. The number of Topliss-reactive ketones (excluding diaryl/α,β-unsaturated/α-hetero) is 1. The van der Waals surface area contributed by atoms with E-state index >= 15 is 0 Å². The molecule has 2 nitrogen and oxygen atoms in total. The van der Waals surface area contributed by atoms with E-state index in [0.29, 0.717) is 13.1 Å². The zero-order chi connectivity index (χ0) is 19.9.